The highest BCUT2D eigenvalue weighted by Crippen LogP contribution is 2.21. The Labute approximate surface area is 153 Å². The predicted molar refractivity (Wildman–Crippen MR) is 97.9 cm³/mol. The fourth-order valence-corrected chi connectivity index (χ4v) is 3.57. The molecule has 1 aliphatic heterocycles. The smallest absolute Gasteiger partial charge is 0.408 e. The zero-order valence-electron chi connectivity index (χ0n) is 15.7. The number of ether oxygens (including phenoxy) is 1. The first-order valence-electron chi connectivity index (χ1n) is 8.64. The van der Waals surface area contributed by atoms with Crippen molar-refractivity contribution in [2.24, 2.45) is 0 Å². The van der Waals surface area contributed by atoms with Crippen LogP contribution in [0.3, 0.4) is 0 Å². The second kappa shape index (κ2) is 8.14. The molecule has 1 saturated heterocycles. The molecular formula is C17H28N4O3S. The number of aromatic nitrogens is 1. The number of piperazine rings is 1. The molecule has 0 saturated carbocycles. The Morgan fingerprint density at radius 3 is 2.44 bits per heavy atom. The number of hydrogen-bond acceptors (Lipinski definition) is 6. The Balaban J connectivity index is 1.93. The summed E-state index contributed by atoms with van der Waals surface area (Å²) in [7, 11) is 0. The monoisotopic (exact) mass is 368 g/mol. The molecule has 1 aromatic rings. The Morgan fingerprint density at radius 1 is 1.24 bits per heavy atom. The maximum Gasteiger partial charge on any atom is 0.408 e. The van der Waals surface area contributed by atoms with Gasteiger partial charge in [0.2, 0.25) is 0 Å². The molecule has 0 bridgehead atoms. The van der Waals surface area contributed by atoms with E-state index < -0.39 is 11.7 Å². The molecule has 140 valence electrons. The van der Waals surface area contributed by atoms with E-state index >= 15 is 0 Å². The first-order chi connectivity index (χ1) is 11.7. The summed E-state index contributed by atoms with van der Waals surface area (Å²) in [5, 5.41) is 3.39. The minimum absolute atomic E-state index is 0.0364. The summed E-state index contributed by atoms with van der Waals surface area (Å²) >= 11 is 1.34. The van der Waals surface area contributed by atoms with Crippen molar-refractivity contribution < 1.29 is 14.3 Å². The van der Waals surface area contributed by atoms with Crippen molar-refractivity contribution in [1.29, 1.82) is 0 Å². The summed E-state index contributed by atoms with van der Waals surface area (Å²) in [5.41, 5.74) is 0.180. The van der Waals surface area contributed by atoms with Gasteiger partial charge in [0.25, 0.3) is 5.91 Å². The van der Waals surface area contributed by atoms with Gasteiger partial charge < -0.3 is 19.9 Å². The lowest BCUT2D eigenvalue weighted by Crippen LogP contribution is -2.48. The van der Waals surface area contributed by atoms with E-state index in [9.17, 15) is 9.59 Å². The fraction of sp³-hybridized carbons (Fsp3) is 0.706. The van der Waals surface area contributed by atoms with E-state index in [4.69, 9.17) is 4.74 Å². The van der Waals surface area contributed by atoms with Gasteiger partial charge in [0.15, 0.2) is 0 Å². The van der Waals surface area contributed by atoms with E-state index in [2.05, 4.69) is 22.1 Å². The molecule has 7 nitrogen and oxygen atoms in total. The first kappa shape index (κ1) is 19.7. The van der Waals surface area contributed by atoms with Crippen LogP contribution in [0.25, 0.3) is 0 Å². The van der Waals surface area contributed by atoms with Crippen LogP contribution in [0.5, 0.6) is 0 Å². The third-order valence-corrected chi connectivity index (χ3v) is 5.07. The molecule has 0 radical (unpaired) electrons. The topological polar surface area (TPSA) is 74.8 Å². The minimum atomic E-state index is -0.537. The van der Waals surface area contributed by atoms with Gasteiger partial charge in [-0.3, -0.25) is 4.79 Å². The molecule has 1 aromatic heterocycles. The number of carbonyl (C=O) groups is 2. The normalized spacial score (nSPS) is 16.0. The molecule has 0 unspecified atom stereocenters. The average molecular weight is 369 g/mol. The number of aryl methyl sites for hydroxylation is 1. The van der Waals surface area contributed by atoms with Gasteiger partial charge >= 0.3 is 6.09 Å². The number of nitrogens with zero attached hydrogens (tertiary/aromatic N) is 3. The number of hydrogen-bond donors (Lipinski definition) is 1. The Hall–Kier alpha value is -1.67. The number of alkyl carbamates (subject to hydrolysis) is 1. The third kappa shape index (κ3) is 5.67. The van der Waals surface area contributed by atoms with Crippen molar-refractivity contribution in [2.45, 2.75) is 46.8 Å². The fourth-order valence-electron chi connectivity index (χ4n) is 2.60. The van der Waals surface area contributed by atoms with Crippen LogP contribution in [0, 0.1) is 6.92 Å². The molecule has 1 aliphatic rings. The number of nitrogens with one attached hydrogen (secondary N) is 1. The largest absolute Gasteiger partial charge is 0.444 e. The van der Waals surface area contributed by atoms with Crippen LogP contribution in [0.1, 0.15) is 48.1 Å². The number of carbonyl (C=O) groups excluding carboxylic acids is 2. The maximum absolute atomic E-state index is 12.7. The summed E-state index contributed by atoms with van der Waals surface area (Å²) in [6.45, 7) is 14.0. The molecule has 1 N–H and O–H groups in total. The van der Waals surface area contributed by atoms with Gasteiger partial charge in [-0.25, -0.2) is 9.78 Å². The van der Waals surface area contributed by atoms with E-state index in [-0.39, 0.29) is 12.5 Å². The molecule has 25 heavy (non-hydrogen) atoms. The summed E-state index contributed by atoms with van der Waals surface area (Å²) in [5.74, 6) is 0.0364. The van der Waals surface area contributed by atoms with Gasteiger partial charge in [-0.15, -0.1) is 11.3 Å². The summed E-state index contributed by atoms with van der Waals surface area (Å²) in [6.07, 6.45) is -0.482. The summed E-state index contributed by atoms with van der Waals surface area (Å²) in [6, 6.07) is 0. The summed E-state index contributed by atoms with van der Waals surface area (Å²) in [4.78, 5) is 33.7. The molecule has 0 aliphatic carbocycles. The molecule has 8 heteroatoms. The number of rotatable bonds is 4. The first-order valence-corrected chi connectivity index (χ1v) is 9.46. The lowest BCUT2D eigenvalue weighted by molar-refractivity contribution is 0.0523. The Morgan fingerprint density at radius 2 is 1.88 bits per heavy atom. The van der Waals surface area contributed by atoms with Gasteiger partial charge in [-0.05, 0) is 34.2 Å². The Kier molecular flexibility index (Phi) is 6.40. The molecular weight excluding hydrogens is 340 g/mol. The number of likely N-dealkylation sites (N-methyl/N-ethyl adjacent to an activating group) is 1. The minimum Gasteiger partial charge on any atom is -0.444 e. The van der Waals surface area contributed by atoms with Crippen LogP contribution in [-0.2, 0) is 11.3 Å². The SMILES string of the molecule is CCN1CCN(C(=O)c2sc(CNC(=O)OC(C)(C)C)nc2C)CC1. The average Bonchev–Trinajstić information content (AvgIpc) is 2.92. The highest BCUT2D eigenvalue weighted by molar-refractivity contribution is 7.13. The molecule has 0 atom stereocenters. The van der Waals surface area contributed by atoms with E-state index in [0.29, 0.717) is 15.6 Å². The molecule has 1 fully saturated rings. The van der Waals surface area contributed by atoms with E-state index in [1.807, 2.05) is 32.6 Å². The third-order valence-electron chi connectivity index (χ3n) is 3.92. The van der Waals surface area contributed by atoms with Gasteiger partial charge in [-0.2, -0.15) is 0 Å². The highest BCUT2D eigenvalue weighted by Gasteiger charge is 2.25. The van der Waals surface area contributed by atoms with Crippen LogP contribution in [-0.4, -0.2) is 65.1 Å². The van der Waals surface area contributed by atoms with Crippen molar-refractivity contribution in [3.05, 3.63) is 15.6 Å². The van der Waals surface area contributed by atoms with Gasteiger partial charge in [0.05, 0.1) is 12.2 Å². The lowest BCUT2D eigenvalue weighted by Gasteiger charge is -2.33. The van der Waals surface area contributed by atoms with Crippen molar-refractivity contribution in [1.82, 2.24) is 20.1 Å². The highest BCUT2D eigenvalue weighted by atomic mass is 32.1. The van der Waals surface area contributed by atoms with Crippen molar-refractivity contribution in [2.75, 3.05) is 32.7 Å². The van der Waals surface area contributed by atoms with Crippen LogP contribution in [0.2, 0.25) is 0 Å². The standard InChI is InChI=1S/C17H28N4O3S/c1-6-20-7-9-21(10-8-20)15(22)14-12(2)19-13(25-14)11-18-16(23)24-17(3,4)5/h6-11H2,1-5H3,(H,18,23). The Bertz CT molecular complexity index is 616. The molecule has 2 amide bonds. The van der Waals surface area contributed by atoms with Crippen molar-refractivity contribution in [3.8, 4) is 0 Å². The van der Waals surface area contributed by atoms with E-state index in [1.165, 1.54) is 11.3 Å². The van der Waals surface area contributed by atoms with E-state index in [0.717, 1.165) is 32.7 Å². The second-order valence-corrected chi connectivity index (χ2v) is 8.19. The van der Waals surface area contributed by atoms with Gasteiger partial charge in [0.1, 0.15) is 15.5 Å². The van der Waals surface area contributed by atoms with Crippen LogP contribution in [0.15, 0.2) is 0 Å². The molecule has 0 spiro atoms. The van der Waals surface area contributed by atoms with E-state index in [1.54, 1.807) is 0 Å². The zero-order chi connectivity index (χ0) is 18.6. The van der Waals surface area contributed by atoms with Gasteiger partial charge in [-0.1, -0.05) is 6.92 Å². The lowest BCUT2D eigenvalue weighted by atomic mass is 10.2. The van der Waals surface area contributed by atoms with Crippen molar-refractivity contribution >= 4 is 23.3 Å². The van der Waals surface area contributed by atoms with Crippen LogP contribution in [0.4, 0.5) is 4.79 Å². The van der Waals surface area contributed by atoms with Crippen molar-refractivity contribution in [3.63, 3.8) is 0 Å². The van der Waals surface area contributed by atoms with Crippen LogP contribution >= 0.6 is 11.3 Å². The van der Waals surface area contributed by atoms with Gasteiger partial charge in [0, 0.05) is 26.2 Å². The predicted octanol–water partition coefficient (Wildman–Crippen LogP) is 2.25. The summed E-state index contributed by atoms with van der Waals surface area (Å²) < 4.78 is 5.21. The van der Waals surface area contributed by atoms with Crippen LogP contribution < -0.4 is 5.32 Å². The zero-order valence-corrected chi connectivity index (χ0v) is 16.5. The molecule has 2 rings (SSSR count). The maximum atomic E-state index is 12.7. The quantitative estimate of drug-likeness (QED) is 0.882. The number of thiazole rings is 1. The second-order valence-electron chi connectivity index (χ2n) is 7.10. The molecule has 0 aromatic carbocycles. The number of amides is 2. The molecule has 2 heterocycles.